The van der Waals surface area contributed by atoms with Crippen LogP contribution in [-0.4, -0.2) is 22.1 Å². The molecule has 1 aliphatic rings. The van der Waals surface area contributed by atoms with Gasteiger partial charge in [0.25, 0.3) is 0 Å². The molecule has 0 radical (unpaired) electrons. The Kier molecular flexibility index (Phi) is 2.58. The summed E-state index contributed by atoms with van der Waals surface area (Å²) in [4.78, 5) is 15.2. The van der Waals surface area contributed by atoms with Crippen LogP contribution >= 0.6 is 0 Å². The molecule has 2 rings (SSSR count). The zero-order valence-corrected chi connectivity index (χ0v) is 8.66. The summed E-state index contributed by atoms with van der Waals surface area (Å²) in [6.07, 6.45) is 3.01. The molecular weight excluding hydrogens is 192 g/mol. The molecule has 1 saturated carbocycles. The number of pyridine rings is 1. The molecule has 0 bridgehead atoms. The maximum atomic E-state index is 10.9. The van der Waals surface area contributed by atoms with Crippen molar-refractivity contribution in [2.45, 2.75) is 32.2 Å². The second-order valence-corrected chi connectivity index (χ2v) is 3.77. The first-order valence-corrected chi connectivity index (χ1v) is 5.20. The number of carboxylic acid groups (broad SMARTS) is 1. The van der Waals surface area contributed by atoms with Crippen molar-refractivity contribution < 1.29 is 9.90 Å². The Balaban J connectivity index is 2.24. The number of anilines is 1. The van der Waals surface area contributed by atoms with Gasteiger partial charge in [0.1, 0.15) is 5.82 Å². The Hall–Kier alpha value is -1.58. The van der Waals surface area contributed by atoms with Crippen molar-refractivity contribution >= 4 is 11.8 Å². The fourth-order valence-corrected chi connectivity index (χ4v) is 1.48. The molecule has 1 fully saturated rings. The van der Waals surface area contributed by atoms with Crippen LogP contribution in [0.1, 0.15) is 35.8 Å². The van der Waals surface area contributed by atoms with E-state index in [1.165, 1.54) is 12.8 Å². The summed E-state index contributed by atoms with van der Waals surface area (Å²) in [5.74, 6) is -0.114. The van der Waals surface area contributed by atoms with E-state index < -0.39 is 5.97 Å². The third kappa shape index (κ3) is 2.26. The summed E-state index contributed by atoms with van der Waals surface area (Å²) in [7, 11) is 0. The zero-order chi connectivity index (χ0) is 10.8. The predicted molar refractivity (Wildman–Crippen MR) is 57.2 cm³/mol. The van der Waals surface area contributed by atoms with Crippen LogP contribution in [0.4, 0.5) is 5.82 Å². The van der Waals surface area contributed by atoms with Gasteiger partial charge < -0.3 is 10.4 Å². The van der Waals surface area contributed by atoms with Crippen LogP contribution in [0.3, 0.4) is 0 Å². The Labute approximate surface area is 88.3 Å². The average molecular weight is 206 g/mol. The van der Waals surface area contributed by atoms with E-state index in [0.717, 1.165) is 5.82 Å². The lowest BCUT2D eigenvalue weighted by Crippen LogP contribution is -2.08. The minimum atomic E-state index is -0.905. The van der Waals surface area contributed by atoms with Crippen molar-refractivity contribution in [3.8, 4) is 0 Å². The Morgan fingerprint density at radius 2 is 2.33 bits per heavy atom. The van der Waals surface area contributed by atoms with Crippen molar-refractivity contribution in [2.75, 3.05) is 5.32 Å². The first-order chi connectivity index (χ1) is 7.20. The quantitative estimate of drug-likeness (QED) is 0.790. The second-order valence-electron chi connectivity index (χ2n) is 3.77. The summed E-state index contributed by atoms with van der Waals surface area (Å²) in [6, 6.07) is 3.90. The van der Waals surface area contributed by atoms with Gasteiger partial charge in [0, 0.05) is 6.04 Å². The van der Waals surface area contributed by atoms with Crippen LogP contribution < -0.4 is 5.32 Å². The van der Waals surface area contributed by atoms with Crippen LogP contribution in [0.2, 0.25) is 0 Å². The Bertz CT molecular complexity index is 386. The number of rotatable bonds is 4. The molecule has 0 spiro atoms. The smallest absolute Gasteiger partial charge is 0.337 e. The van der Waals surface area contributed by atoms with Crippen molar-refractivity contribution in [1.82, 2.24) is 4.98 Å². The van der Waals surface area contributed by atoms with E-state index in [9.17, 15) is 4.79 Å². The number of carbonyl (C=O) groups is 1. The molecule has 1 aliphatic carbocycles. The molecular formula is C11H14N2O2. The molecule has 4 heteroatoms. The molecule has 1 aromatic heterocycles. The highest BCUT2D eigenvalue weighted by Crippen LogP contribution is 2.24. The van der Waals surface area contributed by atoms with Crippen molar-refractivity contribution in [3.05, 3.63) is 23.4 Å². The van der Waals surface area contributed by atoms with Crippen molar-refractivity contribution in [2.24, 2.45) is 0 Å². The van der Waals surface area contributed by atoms with Crippen LogP contribution in [0.5, 0.6) is 0 Å². The minimum Gasteiger partial charge on any atom is -0.478 e. The second kappa shape index (κ2) is 3.88. The van der Waals surface area contributed by atoms with E-state index in [1.807, 2.05) is 6.92 Å². The molecule has 0 aromatic carbocycles. The fourth-order valence-electron chi connectivity index (χ4n) is 1.48. The highest BCUT2D eigenvalue weighted by molar-refractivity contribution is 5.89. The molecule has 0 atom stereocenters. The van der Waals surface area contributed by atoms with Gasteiger partial charge in [0.15, 0.2) is 0 Å². The van der Waals surface area contributed by atoms with Gasteiger partial charge in [-0.15, -0.1) is 0 Å². The van der Waals surface area contributed by atoms with Gasteiger partial charge in [0.05, 0.1) is 11.3 Å². The maximum absolute atomic E-state index is 10.9. The first kappa shape index (κ1) is 9.96. The number of aromatic nitrogens is 1. The number of nitrogens with one attached hydrogen (secondary N) is 1. The minimum absolute atomic E-state index is 0.304. The van der Waals surface area contributed by atoms with Crippen molar-refractivity contribution in [1.29, 1.82) is 0 Å². The highest BCUT2D eigenvalue weighted by atomic mass is 16.4. The molecule has 1 aromatic rings. The highest BCUT2D eigenvalue weighted by Gasteiger charge is 2.21. The summed E-state index contributed by atoms with van der Waals surface area (Å²) in [6.45, 7) is 1.91. The molecule has 0 amide bonds. The molecule has 0 saturated heterocycles. The number of aromatic carboxylic acids is 1. The van der Waals surface area contributed by atoms with Gasteiger partial charge in [0.2, 0.25) is 0 Å². The molecule has 0 unspecified atom stereocenters. The topological polar surface area (TPSA) is 62.2 Å². The average Bonchev–Trinajstić information content (AvgIpc) is 3.01. The first-order valence-electron chi connectivity index (χ1n) is 5.20. The van der Waals surface area contributed by atoms with E-state index in [1.54, 1.807) is 12.1 Å². The van der Waals surface area contributed by atoms with Gasteiger partial charge in [-0.05, 0) is 31.4 Å². The zero-order valence-electron chi connectivity index (χ0n) is 8.66. The van der Waals surface area contributed by atoms with Crippen molar-refractivity contribution in [3.63, 3.8) is 0 Å². The van der Waals surface area contributed by atoms with Crippen LogP contribution in [0.15, 0.2) is 12.1 Å². The largest absolute Gasteiger partial charge is 0.478 e. The molecule has 0 aliphatic heterocycles. The standard InChI is InChI=1S/C11H14N2O2/c1-2-9-8(11(14)15)5-6-10(13-9)12-7-3-4-7/h5-7H,2-4H2,1H3,(H,12,13)(H,14,15). The summed E-state index contributed by atoms with van der Waals surface area (Å²) < 4.78 is 0. The Morgan fingerprint density at radius 1 is 1.60 bits per heavy atom. The molecule has 1 heterocycles. The van der Waals surface area contributed by atoms with E-state index in [2.05, 4.69) is 10.3 Å². The monoisotopic (exact) mass is 206 g/mol. The predicted octanol–water partition coefficient (Wildman–Crippen LogP) is 1.92. The van der Waals surface area contributed by atoms with Crippen LogP contribution in [0.25, 0.3) is 0 Å². The Morgan fingerprint density at radius 3 is 2.87 bits per heavy atom. The third-order valence-electron chi connectivity index (χ3n) is 2.47. The van der Waals surface area contributed by atoms with E-state index in [0.29, 0.717) is 23.7 Å². The summed E-state index contributed by atoms with van der Waals surface area (Å²) in [5, 5.41) is 12.2. The number of nitrogens with zero attached hydrogens (tertiary/aromatic N) is 1. The molecule has 4 nitrogen and oxygen atoms in total. The molecule has 80 valence electrons. The normalized spacial score (nSPS) is 15.0. The van der Waals surface area contributed by atoms with Crippen LogP contribution in [0, 0.1) is 0 Å². The lowest BCUT2D eigenvalue weighted by Gasteiger charge is -2.07. The number of carboxylic acids is 1. The fraction of sp³-hybridized carbons (Fsp3) is 0.455. The summed E-state index contributed by atoms with van der Waals surface area (Å²) >= 11 is 0. The molecule has 2 N–H and O–H groups in total. The van der Waals surface area contributed by atoms with Gasteiger partial charge in [-0.1, -0.05) is 6.92 Å². The lowest BCUT2D eigenvalue weighted by molar-refractivity contribution is 0.0695. The SMILES string of the molecule is CCc1nc(NC2CC2)ccc1C(=O)O. The maximum Gasteiger partial charge on any atom is 0.337 e. The molecule has 15 heavy (non-hydrogen) atoms. The van der Waals surface area contributed by atoms with Crippen LogP contribution in [-0.2, 0) is 6.42 Å². The van der Waals surface area contributed by atoms with E-state index in [4.69, 9.17) is 5.11 Å². The van der Waals surface area contributed by atoms with E-state index >= 15 is 0 Å². The van der Waals surface area contributed by atoms with Gasteiger partial charge in [-0.3, -0.25) is 0 Å². The lowest BCUT2D eigenvalue weighted by atomic mass is 10.1. The summed E-state index contributed by atoms with van der Waals surface area (Å²) in [5.41, 5.74) is 0.951. The van der Waals surface area contributed by atoms with E-state index in [-0.39, 0.29) is 0 Å². The number of aryl methyl sites for hydroxylation is 1. The number of hydrogen-bond acceptors (Lipinski definition) is 3. The third-order valence-corrected chi connectivity index (χ3v) is 2.47. The van der Waals surface area contributed by atoms with Gasteiger partial charge in [-0.25, -0.2) is 9.78 Å². The number of hydrogen-bond donors (Lipinski definition) is 2. The van der Waals surface area contributed by atoms with Gasteiger partial charge in [-0.2, -0.15) is 0 Å². The van der Waals surface area contributed by atoms with Gasteiger partial charge >= 0.3 is 5.97 Å².